The lowest BCUT2D eigenvalue weighted by Crippen LogP contribution is -2.47. The van der Waals surface area contributed by atoms with E-state index in [0.29, 0.717) is 18.0 Å². The number of aromatic nitrogens is 2. The van der Waals surface area contributed by atoms with Crippen molar-refractivity contribution >= 4 is 35.6 Å². The number of hydrogen-bond donors (Lipinski definition) is 2. The van der Waals surface area contributed by atoms with Gasteiger partial charge in [-0.05, 0) is 38.3 Å². The van der Waals surface area contributed by atoms with Gasteiger partial charge in [-0.1, -0.05) is 13.0 Å². The molecule has 0 aromatic carbocycles. The molecule has 150 valence electrons. The van der Waals surface area contributed by atoms with Crippen LogP contribution in [0.25, 0.3) is 5.65 Å². The predicted octanol–water partition coefficient (Wildman–Crippen LogP) is 2.70. The Balaban J connectivity index is 0.00000261. The average molecular weight is 484 g/mol. The number of hydrogen-bond acceptors (Lipinski definition) is 3. The van der Waals surface area contributed by atoms with Crippen molar-refractivity contribution in [2.24, 2.45) is 10.9 Å². The second-order valence-corrected chi connectivity index (χ2v) is 7.68. The number of aliphatic imine (C=N–C) groups is 1. The fourth-order valence-electron chi connectivity index (χ4n) is 3.62. The molecule has 1 saturated heterocycles. The molecule has 0 spiro atoms. The van der Waals surface area contributed by atoms with Crippen LogP contribution in [0.3, 0.4) is 0 Å². The highest BCUT2D eigenvalue weighted by Crippen LogP contribution is 2.18. The summed E-state index contributed by atoms with van der Waals surface area (Å²) >= 11 is 0. The minimum Gasteiger partial charge on any atom is -0.356 e. The van der Waals surface area contributed by atoms with E-state index in [1.165, 1.54) is 5.56 Å². The van der Waals surface area contributed by atoms with E-state index in [0.717, 1.165) is 43.4 Å². The Morgan fingerprint density at radius 2 is 2.15 bits per heavy atom. The van der Waals surface area contributed by atoms with Crippen molar-refractivity contribution in [1.82, 2.24) is 24.9 Å². The molecule has 1 aliphatic heterocycles. The van der Waals surface area contributed by atoms with Gasteiger partial charge in [0.2, 0.25) is 0 Å². The maximum atomic E-state index is 4.74. The van der Waals surface area contributed by atoms with Gasteiger partial charge in [-0.15, -0.1) is 24.0 Å². The standard InChI is InChI=1S/C20H32N6.HI/c1-14(2)26-11-16(4)18(13-26)24-20(21-5)22-9-8-17-12-25-10-6-7-15(3)19(25)23-17;/h6-7,10,12,14,16,18H,8-9,11,13H2,1-5H3,(H2,21,22,24);1H. The van der Waals surface area contributed by atoms with Crippen LogP contribution in [0.2, 0.25) is 0 Å². The van der Waals surface area contributed by atoms with Crippen LogP contribution < -0.4 is 10.6 Å². The Morgan fingerprint density at radius 3 is 2.78 bits per heavy atom. The Labute approximate surface area is 179 Å². The molecule has 2 aromatic heterocycles. The van der Waals surface area contributed by atoms with Crippen molar-refractivity contribution in [3.8, 4) is 0 Å². The highest BCUT2D eigenvalue weighted by atomic mass is 127. The van der Waals surface area contributed by atoms with E-state index in [1.807, 2.05) is 7.05 Å². The summed E-state index contributed by atoms with van der Waals surface area (Å²) in [7, 11) is 1.84. The van der Waals surface area contributed by atoms with E-state index in [1.54, 1.807) is 0 Å². The van der Waals surface area contributed by atoms with E-state index >= 15 is 0 Å². The molecule has 0 saturated carbocycles. The molecule has 0 amide bonds. The number of guanidine groups is 1. The maximum Gasteiger partial charge on any atom is 0.191 e. The van der Waals surface area contributed by atoms with Crippen LogP contribution in [0.5, 0.6) is 0 Å². The zero-order valence-electron chi connectivity index (χ0n) is 17.1. The molecule has 3 rings (SSSR count). The number of imidazole rings is 1. The minimum atomic E-state index is 0. The van der Waals surface area contributed by atoms with Crippen molar-refractivity contribution in [3.05, 3.63) is 35.8 Å². The van der Waals surface area contributed by atoms with Gasteiger partial charge in [0.1, 0.15) is 5.65 Å². The summed E-state index contributed by atoms with van der Waals surface area (Å²) in [6.45, 7) is 12.0. The number of halogens is 1. The molecule has 3 heterocycles. The van der Waals surface area contributed by atoms with Gasteiger partial charge < -0.3 is 15.0 Å². The van der Waals surface area contributed by atoms with Gasteiger partial charge in [-0.25, -0.2) is 4.98 Å². The smallest absolute Gasteiger partial charge is 0.191 e. The van der Waals surface area contributed by atoms with Crippen LogP contribution in [0.15, 0.2) is 29.5 Å². The average Bonchev–Trinajstić information content (AvgIpc) is 3.18. The van der Waals surface area contributed by atoms with Gasteiger partial charge in [0.05, 0.1) is 5.69 Å². The van der Waals surface area contributed by atoms with Crippen molar-refractivity contribution in [2.75, 3.05) is 26.7 Å². The summed E-state index contributed by atoms with van der Waals surface area (Å²) in [4.78, 5) is 11.7. The number of likely N-dealkylation sites (tertiary alicyclic amines) is 1. The van der Waals surface area contributed by atoms with Crippen LogP contribution in [0, 0.1) is 12.8 Å². The number of pyridine rings is 1. The monoisotopic (exact) mass is 484 g/mol. The highest BCUT2D eigenvalue weighted by molar-refractivity contribution is 14.0. The summed E-state index contributed by atoms with van der Waals surface area (Å²) < 4.78 is 2.10. The zero-order chi connectivity index (χ0) is 18.7. The highest BCUT2D eigenvalue weighted by Gasteiger charge is 2.31. The molecule has 7 heteroatoms. The third kappa shape index (κ3) is 5.34. The number of aryl methyl sites for hydroxylation is 1. The lowest BCUT2D eigenvalue weighted by atomic mass is 10.1. The number of rotatable bonds is 5. The van der Waals surface area contributed by atoms with E-state index in [4.69, 9.17) is 4.98 Å². The fourth-order valence-corrected chi connectivity index (χ4v) is 3.62. The number of nitrogens with zero attached hydrogens (tertiary/aromatic N) is 4. The SMILES string of the molecule is CN=C(NCCc1cn2cccc(C)c2n1)NC1CN(C(C)C)CC1C.I. The first-order valence-corrected chi connectivity index (χ1v) is 9.62. The predicted molar refractivity (Wildman–Crippen MR) is 123 cm³/mol. The molecule has 0 bridgehead atoms. The lowest BCUT2D eigenvalue weighted by Gasteiger charge is -2.21. The first-order valence-electron chi connectivity index (χ1n) is 9.62. The van der Waals surface area contributed by atoms with Gasteiger partial charge in [-0.3, -0.25) is 9.89 Å². The van der Waals surface area contributed by atoms with Crippen molar-refractivity contribution in [1.29, 1.82) is 0 Å². The van der Waals surface area contributed by atoms with E-state index in [2.05, 4.69) is 77.1 Å². The molecule has 2 N–H and O–H groups in total. The quantitative estimate of drug-likeness (QED) is 0.390. The molecule has 1 fully saturated rings. The van der Waals surface area contributed by atoms with Gasteiger partial charge in [-0.2, -0.15) is 0 Å². The molecular formula is C20H33IN6. The van der Waals surface area contributed by atoms with Crippen LogP contribution in [0.4, 0.5) is 0 Å². The summed E-state index contributed by atoms with van der Waals surface area (Å²) in [5, 5.41) is 7.03. The normalized spacial score (nSPS) is 20.9. The van der Waals surface area contributed by atoms with Gasteiger partial charge in [0.15, 0.2) is 5.96 Å². The molecule has 0 aliphatic carbocycles. The molecule has 27 heavy (non-hydrogen) atoms. The zero-order valence-corrected chi connectivity index (χ0v) is 19.4. The lowest BCUT2D eigenvalue weighted by molar-refractivity contribution is 0.265. The Hall–Kier alpha value is -1.35. The van der Waals surface area contributed by atoms with Crippen LogP contribution in [0.1, 0.15) is 32.0 Å². The Kier molecular flexibility index (Phi) is 7.91. The summed E-state index contributed by atoms with van der Waals surface area (Å²) in [6.07, 6.45) is 5.04. The minimum absolute atomic E-state index is 0. The van der Waals surface area contributed by atoms with Crippen molar-refractivity contribution < 1.29 is 0 Å². The second kappa shape index (κ2) is 9.73. The van der Waals surface area contributed by atoms with Gasteiger partial charge >= 0.3 is 0 Å². The van der Waals surface area contributed by atoms with Crippen LogP contribution in [-0.2, 0) is 6.42 Å². The summed E-state index contributed by atoms with van der Waals surface area (Å²) in [5.41, 5.74) is 3.34. The topological polar surface area (TPSA) is 57.0 Å². The number of nitrogens with one attached hydrogen (secondary N) is 2. The first kappa shape index (κ1) is 21.9. The molecule has 1 aliphatic rings. The first-order chi connectivity index (χ1) is 12.5. The van der Waals surface area contributed by atoms with Crippen molar-refractivity contribution in [2.45, 2.75) is 46.2 Å². The van der Waals surface area contributed by atoms with E-state index < -0.39 is 0 Å². The van der Waals surface area contributed by atoms with E-state index in [-0.39, 0.29) is 24.0 Å². The molecule has 2 aromatic rings. The Morgan fingerprint density at radius 1 is 1.37 bits per heavy atom. The summed E-state index contributed by atoms with van der Waals surface area (Å²) in [5.74, 6) is 1.50. The van der Waals surface area contributed by atoms with E-state index in [9.17, 15) is 0 Å². The fraction of sp³-hybridized carbons (Fsp3) is 0.600. The third-order valence-electron chi connectivity index (χ3n) is 5.32. The molecule has 2 unspecified atom stereocenters. The largest absolute Gasteiger partial charge is 0.356 e. The molecule has 2 atom stereocenters. The van der Waals surface area contributed by atoms with Crippen LogP contribution >= 0.6 is 24.0 Å². The molecular weight excluding hydrogens is 451 g/mol. The van der Waals surface area contributed by atoms with Crippen LogP contribution in [-0.4, -0.2) is 59.0 Å². The summed E-state index contributed by atoms with van der Waals surface area (Å²) in [6, 6.07) is 5.19. The Bertz CT molecular complexity index is 769. The number of fused-ring (bicyclic) bond motifs is 1. The third-order valence-corrected chi connectivity index (χ3v) is 5.32. The van der Waals surface area contributed by atoms with Gasteiger partial charge in [0.25, 0.3) is 0 Å². The van der Waals surface area contributed by atoms with Crippen molar-refractivity contribution in [3.63, 3.8) is 0 Å². The maximum absolute atomic E-state index is 4.74. The molecule has 0 radical (unpaired) electrons. The molecule has 6 nitrogen and oxygen atoms in total. The van der Waals surface area contributed by atoms with Gasteiger partial charge in [0, 0.05) is 57.6 Å². The second-order valence-electron chi connectivity index (χ2n) is 7.68.